The van der Waals surface area contributed by atoms with E-state index in [2.05, 4.69) is 13.8 Å². The number of hydrogen-bond acceptors (Lipinski definition) is 0. The summed E-state index contributed by atoms with van der Waals surface area (Å²) in [7, 11) is 0. The highest BCUT2D eigenvalue weighted by Gasteiger charge is 2.54. The maximum Gasteiger partial charge on any atom is 0.397 e. The molecule has 0 heterocycles. The van der Waals surface area contributed by atoms with E-state index in [1.165, 1.54) is 44.6 Å². The summed E-state index contributed by atoms with van der Waals surface area (Å²) in [6.45, 7) is 4.37. The maximum atomic E-state index is 13.8. The Morgan fingerprint density at radius 1 is 0.846 bits per heavy atom. The van der Waals surface area contributed by atoms with Crippen LogP contribution >= 0.6 is 0 Å². The van der Waals surface area contributed by atoms with E-state index >= 15 is 0 Å². The zero-order valence-electron chi connectivity index (χ0n) is 16.9. The van der Waals surface area contributed by atoms with Crippen molar-refractivity contribution in [3.63, 3.8) is 0 Å². The number of allylic oxidation sites excluding steroid dienone is 2. The van der Waals surface area contributed by atoms with Crippen LogP contribution in [0.5, 0.6) is 0 Å². The van der Waals surface area contributed by atoms with E-state index in [9.17, 15) is 13.2 Å². The van der Waals surface area contributed by atoms with Gasteiger partial charge in [-0.15, -0.1) is 0 Å². The van der Waals surface area contributed by atoms with Crippen molar-refractivity contribution in [3.8, 4) is 0 Å². The Morgan fingerprint density at radius 3 is 2.00 bits per heavy atom. The lowest BCUT2D eigenvalue weighted by molar-refractivity contribution is -0.218. The molecule has 2 aliphatic rings. The van der Waals surface area contributed by atoms with Gasteiger partial charge in [0.05, 0.1) is 5.41 Å². The van der Waals surface area contributed by atoms with Gasteiger partial charge < -0.3 is 0 Å². The molecule has 152 valence electrons. The van der Waals surface area contributed by atoms with Gasteiger partial charge in [0.2, 0.25) is 0 Å². The smallest absolute Gasteiger partial charge is 0.170 e. The van der Waals surface area contributed by atoms with Gasteiger partial charge in [-0.2, -0.15) is 13.2 Å². The van der Waals surface area contributed by atoms with Crippen molar-refractivity contribution in [3.05, 3.63) is 12.2 Å². The summed E-state index contributed by atoms with van der Waals surface area (Å²) in [6, 6.07) is 0. The van der Waals surface area contributed by atoms with Gasteiger partial charge in [-0.1, -0.05) is 64.5 Å². The Bertz CT molecular complexity index is 408. The lowest BCUT2D eigenvalue weighted by Crippen LogP contribution is -2.41. The quantitative estimate of drug-likeness (QED) is 0.296. The highest BCUT2D eigenvalue weighted by Crippen LogP contribution is 2.53. The van der Waals surface area contributed by atoms with Gasteiger partial charge in [0.1, 0.15) is 0 Å². The summed E-state index contributed by atoms with van der Waals surface area (Å²) in [5.41, 5.74) is -1.55. The molecule has 2 aliphatic carbocycles. The van der Waals surface area contributed by atoms with Crippen LogP contribution in [-0.4, -0.2) is 6.18 Å². The maximum absolute atomic E-state index is 13.8. The van der Waals surface area contributed by atoms with Crippen LogP contribution in [0.25, 0.3) is 0 Å². The van der Waals surface area contributed by atoms with Gasteiger partial charge in [-0.25, -0.2) is 0 Å². The highest BCUT2D eigenvalue weighted by molar-refractivity contribution is 5.07. The van der Waals surface area contributed by atoms with Gasteiger partial charge >= 0.3 is 6.18 Å². The van der Waals surface area contributed by atoms with E-state index < -0.39 is 11.6 Å². The summed E-state index contributed by atoms with van der Waals surface area (Å²) >= 11 is 0. The molecule has 3 heteroatoms. The second kappa shape index (κ2) is 10.2. The molecule has 0 amide bonds. The summed E-state index contributed by atoms with van der Waals surface area (Å²) in [5, 5.41) is 0. The van der Waals surface area contributed by atoms with Crippen LogP contribution in [0.3, 0.4) is 0 Å². The number of unbranched alkanes of at least 4 members (excludes halogenated alkanes) is 3. The first-order chi connectivity index (χ1) is 12.4. The van der Waals surface area contributed by atoms with Crippen molar-refractivity contribution < 1.29 is 13.2 Å². The van der Waals surface area contributed by atoms with Gasteiger partial charge in [0, 0.05) is 0 Å². The fraction of sp³-hybridized carbons (Fsp3) is 0.913. The first kappa shape index (κ1) is 21.8. The normalized spacial score (nSPS) is 33.7. The Hall–Kier alpha value is -0.470. The molecule has 2 saturated carbocycles. The number of hydrogen-bond donors (Lipinski definition) is 0. The summed E-state index contributed by atoms with van der Waals surface area (Å²) in [5.74, 6) is 2.09. The third-order valence-corrected chi connectivity index (χ3v) is 7.15. The summed E-state index contributed by atoms with van der Waals surface area (Å²) in [4.78, 5) is 0. The Morgan fingerprint density at radius 2 is 1.46 bits per heavy atom. The van der Waals surface area contributed by atoms with Crippen LogP contribution in [0.1, 0.15) is 104 Å². The zero-order chi connectivity index (χ0) is 19.0. The molecular weight excluding hydrogens is 333 g/mol. The molecule has 0 nitrogen and oxygen atoms in total. The minimum Gasteiger partial charge on any atom is -0.170 e. The monoisotopic (exact) mass is 372 g/mol. The molecule has 0 saturated heterocycles. The average Bonchev–Trinajstić information content (AvgIpc) is 2.62. The largest absolute Gasteiger partial charge is 0.397 e. The molecule has 26 heavy (non-hydrogen) atoms. The number of halogens is 3. The number of alkyl halides is 3. The van der Waals surface area contributed by atoms with Gasteiger partial charge in [-0.3, -0.25) is 0 Å². The fourth-order valence-corrected chi connectivity index (χ4v) is 5.35. The average molecular weight is 373 g/mol. The van der Waals surface area contributed by atoms with Crippen molar-refractivity contribution >= 4 is 0 Å². The van der Waals surface area contributed by atoms with Crippen molar-refractivity contribution in [2.24, 2.45) is 23.2 Å². The molecule has 0 unspecified atom stereocenters. The van der Waals surface area contributed by atoms with E-state index in [0.29, 0.717) is 24.7 Å². The van der Waals surface area contributed by atoms with Crippen LogP contribution in [0.4, 0.5) is 13.2 Å². The molecule has 0 aromatic heterocycles. The van der Waals surface area contributed by atoms with E-state index in [1.807, 2.05) is 6.08 Å². The van der Waals surface area contributed by atoms with Gasteiger partial charge in [0.25, 0.3) is 0 Å². The second-order valence-corrected chi connectivity index (χ2v) is 8.96. The van der Waals surface area contributed by atoms with Crippen LogP contribution in [-0.2, 0) is 0 Å². The van der Waals surface area contributed by atoms with Crippen LogP contribution < -0.4 is 0 Å². The van der Waals surface area contributed by atoms with Crippen molar-refractivity contribution in [1.29, 1.82) is 0 Å². The van der Waals surface area contributed by atoms with Crippen LogP contribution in [0.15, 0.2) is 12.2 Å². The third kappa shape index (κ3) is 5.76. The fourth-order valence-electron chi connectivity index (χ4n) is 5.35. The molecule has 0 aliphatic heterocycles. The second-order valence-electron chi connectivity index (χ2n) is 8.96. The van der Waals surface area contributed by atoms with Crippen molar-refractivity contribution in [2.75, 3.05) is 0 Å². The van der Waals surface area contributed by atoms with E-state index in [4.69, 9.17) is 0 Å². The summed E-state index contributed by atoms with van der Waals surface area (Å²) in [6.07, 6.45) is 13.1. The predicted octanol–water partition coefficient (Wildman–Crippen LogP) is 8.47. The molecule has 2 rings (SSSR count). The van der Waals surface area contributed by atoms with Crippen LogP contribution in [0, 0.1) is 23.2 Å². The van der Waals surface area contributed by atoms with Crippen molar-refractivity contribution in [1.82, 2.24) is 0 Å². The van der Waals surface area contributed by atoms with Gasteiger partial charge in [-0.05, 0) is 69.1 Å². The minimum absolute atomic E-state index is 0.306. The van der Waals surface area contributed by atoms with Crippen LogP contribution in [0.2, 0.25) is 0 Å². The van der Waals surface area contributed by atoms with Crippen molar-refractivity contribution in [2.45, 2.75) is 110 Å². The molecule has 0 aromatic rings. The molecule has 0 bridgehead atoms. The predicted molar refractivity (Wildman–Crippen MR) is 104 cm³/mol. The molecule has 0 atom stereocenters. The van der Waals surface area contributed by atoms with Gasteiger partial charge in [0.15, 0.2) is 0 Å². The molecule has 0 radical (unpaired) electrons. The van der Waals surface area contributed by atoms with E-state index in [1.54, 1.807) is 0 Å². The SMILES string of the molecule is CCCCC/C=C/C1(C(F)(F)F)CCC(C2CCC(CCC)CC2)CC1. The lowest BCUT2D eigenvalue weighted by Gasteiger charge is -2.43. The van der Waals surface area contributed by atoms with E-state index in [0.717, 1.165) is 44.4 Å². The molecular formula is C23H39F3. The summed E-state index contributed by atoms with van der Waals surface area (Å²) < 4.78 is 41.5. The first-order valence-corrected chi connectivity index (χ1v) is 11.2. The Kier molecular flexibility index (Phi) is 8.54. The Balaban J connectivity index is 1.88. The zero-order valence-corrected chi connectivity index (χ0v) is 16.9. The first-order valence-electron chi connectivity index (χ1n) is 11.2. The molecule has 0 N–H and O–H groups in total. The van der Waals surface area contributed by atoms with E-state index in [-0.39, 0.29) is 0 Å². The highest BCUT2D eigenvalue weighted by atomic mass is 19.4. The molecule has 2 fully saturated rings. The topological polar surface area (TPSA) is 0 Å². The Labute approximate surface area is 159 Å². The standard InChI is InChI=1S/C23H39F3/c1-3-5-6-7-8-16-22(23(24,25)26)17-14-21(15-18-22)20-12-10-19(9-4-2)11-13-20/h8,16,19-21H,3-7,9-15,17-18H2,1-2H3/b16-8+. The molecule has 0 spiro atoms. The third-order valence-electron chi connectivity index (χ3n) is 7.15. The number of rotatable bonds is 8. The minimum atomic E-state index is -4.10. The molecule has 0 aromatic carbocycles. The lowest BCUT2D eigenvalue weighted by atomic mass is 9.64.